The molecule has 0 N–H and O–H groups in total. The number of rotatable bonds is 5. The maximum atomic E-state index is 10.4. The lowest BCUT2D eigenvalue weighted by Gasteiger charge is -2.10. The molecule has 0 aliphatic carbocycles. The zero-order chi connectivity index (χ0) is 10.6. The Morgan fingerprint density at radius 3 is 2.93 bits per heavy atom. The molecule has 0 fully saturated rings. The third-order valence-electron chi connectivity index (χ3n) is 1.93. The van der Waals surface area contributed by atoms with Gasteiger partial charge in [-0.15, -0.1) is 0 Å². The van der Waals surface area contributed by atoms with Crippen LogP contribution in [0.25, 0.3) is 0 Å². The second-order valence-corrected chi connectivity index (χ2v) is 3.74. The number of likely N-dealkylation sites (N-methyl/N-ethyl adjacent to an activating group) is 1. The van der Waals surface area contributed by atoms with Crippen LogP contribution >= 0.6 is 11.6 Å². The molecule has 0 saturated carbocycles. The Bertz CT molecular complexity index is 309. The van der Waals surface area contributed by atoms with E-state index in [4.69, 9.17) is 11.6 Å². The van der Waals surface area contributed by atoms with Crippen LogP contribution in [0.5, 0.6) is 0 Å². The van der Waals surface area contributed by atoms with E-state index in [0.717, 1.165) is 25.1 Å². The topological polar surface area (TPSA) is 38.1 Å². The minimum atomic E-state index is 0.326. The Hall–Kier alpha value is -0.870. The molecule has 1 rings (SSSR count). The number of carbonyl (C=O) groups is 1. The van der Waals surface area contributed by atoms with E-state index in [2.05, 4.69) is 10.00 Å². The zero-order valence-electron chi connectivity index (χ0n) is 8.40. The average Bonchev–Trinajstić information content (AvgIpc) is 2.46. The number of hydrogen-bond acceptors (Lipinski definition) is 3. The number of halogens is 1. The molecular weight excluding hydrogens is 202 g/mol. The molecule has 0 radical (unpaired) electrons. The molecule has 0 aromatic carbocycles. The van der Waals surface area contributed by atoms with Crippen molar-refractivity contribution in [3.8, 4) is 0 Å². The van der Waals surface area contributed by atoms with Crippen molar-refractivity contribution in [3.63, 3.8) is 0 Å². The summed E-state index contributed by atoms with van der Waals surface area (Å²) >= 11 is 5.88. The van der Waals surface area contributed by atoms with Crippen LogP contribution in [0.15, 0.2) is 6.20 Å². The van der Waals surface area contributed by atoms with Gasteiger partial charge in [-0.25, -0.2) is 0 Å². The van der Waals surface area contributed by atoms with E-state index in [0.29, 0.717) is 11.4 Å². The predicted octanol–water partition coefficient (Wildman–Crippen LogP) is 0.839. The highest BCUT2D eigenvalue weighted by Crippen LogP contribution is 2.14. The van der Waals surface area contributed by atoms with E-state index in [-0.39, 0.29) is 0 Å². The van der Waals surface area contributed by atoms with Gasteiger partial charge in [0.25, 0.3) is 0 Å². The van der Waals surface area contributed by atoms with Gasteiger partial charge in [0, 0.05) is 13.0 Å². The van der Waals surface area contributed by atoms with Gasteiger partial charge in [0.2, 0.25) is 0 Å². The molecule has 0 aliphatic rings. The summed E-state index contributed by atoms with van der Waals surface area (Å²) < 4.78 is 1.77. The largest absolute Gasteiger partial charge is 0.308 e. The lowest BCUT2D eigenvalue weighted by Crippen LogP contribution is -2.20. The number of nitrogens with zero attached hydrogens (tertiary/aromatic N) is 3. The van der Waals surface area contributed by atoms with Crippen LogP contribution in [0, 0.1) is 0 Å². The van der Waals surface area contributed by atoms with Crippen molar-refractivity contribution in [2.24, 2.45) is 0 Å². The van der Waals surface area contributed by atoms with Gasteiger partial charge < -0.3 is 9.69 Å². The second-order valence-electron chi connectivity index (χ2n) is 3.34. The minimum absolute atomic E-state index is 0.326. The summed E-state index contributed by atoms with van der Waals surface area (Å²) in [7, 11) is 3.98. The van der Waals surface area contributed by atoms with Gasteiger partial charge in [0.05, 0.1) is 23.5 Å². The van der Waals surface area contributed by atoms with Crippen LogP contribution in [-0.4, -0.2) is 41.6 Å². The van der Waals surface area contributed by atoms with Crippen molar-refractivity contribution in [2.75, 3.05) is 20.6 Å². The monoisotopic (exact) mass is 215 g/mol. The molecule has 4 nitrogen and oxygen atoms in total. The van der Waals surface area contributed by atoms with E-state index in [1.807, 2.05) is 14.1 Å². The standard InChI is InChI=1S/C9H14ClN3O/c1-12(2)4-5-13-9(3-6-14)8(10)7-11-13/h6-7H,3-5H2,1-2H3. The highest BCUT2D eigenvalue weighted by molar-refractivity contribution is 6.31. The van der Waals surface area contributed by atoms with Crippen molar-refractivity contribution < 1.29 is 4.79 Å². The van der Waals surface area contributed by atoms with Crippen LogP contribution in [-0.2, 0) is 17.8 Å². The van der Waals surface area contributed by atoms with Gasteiger partial charge in [-0.1, -0.05) is 11.6 Å². The summed E-state index contributed by atoms with van der Waals surface area (Å²) in [5.41, 5.74) is 0.795. The quantitative estimate of drug-likeness (QED) is 0.684. The van der Waals surface area contributed by atoms with Crippen molar-refractivity contribution >= 4 is 17.9 Å². The Balaban J connectivity index is 2.70. The zero-order valence-corrected chi connectivity index (χ0v) is 9.16. The molecule has 0 amide bonds. The number of aldehydes is 1. The maximum Gasteiger partial charge on any atom is 0.125 e. The van der Waals surface area contributed by atoms with Gasteiger partial charge in [0.1, 0.15) is 6.29 Å². The highest BCUT2D eigenvalue weighted by Gasteiger charge is 2.07. The number of aromatic nitrogens is 2. The van der Waals surface area contributed by atoms with Gasteiger partial charge in [-0.05, 0) is 14.1 Å². The van der Waals surface area contributed by atoms with E-state index in [9.17, 15) is 4.79 Å². The van der Waals surface area contributed by atoms with Crippen LogP contribution in [0.4, 0.5) is 0 Å². The molecule has 1 heterocycles. The Morgan fingerprint density at radius 2 is 2.36 bits per heavy atom. The first kappa shape index (κ1) is 11.2. The first-order chi connectivity index (χ1) is 6.65. The SMILES string of the molecule is CN(C)CCn1ncc(Cl)c1CC=O. The average molecular weight is 216 g/mol. The summed E-state index contributed by atoms with van der Waals surface area (Å²) in [6.45, 7) is 1.63. The molecular formula is C9H14ClN3O. The highest BCUT2D eigenvalue weighted by atomic mass is 35.5. The lowest BCUT2D eigenvalue weighted by molar-refractivity contribution is -0.107. The van der Waals surface area contributed by atoms with Crippen molar-refractivity contribution in [1.82, 2.24) is 14.7 Å². The van der Waals surface area contributed by atoms with Crippen LogP contribution in [0.1, 0.15) is 5.69 Å². The van der Waals surface area contributed by atoms with Gasteiger partial charge >= 0.3 is 0 Å². The van der Waals surface area contributed by atoms with E-state index >= 15 is 0 Å². The molecule has 0 saturated heterocycles. The molecule has 0 unspecified atom stereocenters. The summed E-state index contributed by atoms with van der Waals surface area (Å²) in [5.74, 6) is 0. The Morgan fingerprint density at radius 1 is 1.64 bits per heavy atom. The van der Waals surface area contributed by atoms with Crippen molar-refractivity contribution in [3.05, 3.63) is 16.9 Å². The molecule has 0 aliphatic heterocycles. The molecule has 0 spiro atoms. The smallest absolute Gasteiger partial charge is 0.125 e. The number of carbonyl (C=O) groups excluding carboxylic acids is 1. The first-order valence-electron chi connectivity index (χ1n) is 4.43. The van der Waals surface area contributed by atoms with Gasteiger partial charge in [-0.3, -0.25) is 4.68 Å². The molecule has 14 heavy (non-hydrogen) atoms. The van der Waals surface area contributed by atoms with E-state index in [1.54, 1.807) is 10.9 Å². The van der Waals surface area contributed by atoms with Crippen molar-refractivity contribution in [1.29, 1.82) is 0 Å². The Labute approximate surface area is 88.5 Å². The number of hydrogen-bond donors (Lipinski definition) is 0. The van der Waals surface area contributed by atoms with E-state index < -0.39 is 0 Å². The van der Waals surface area contributed by atoms with Gasteiger partial charge in [-0.2, -0.15) is 5.10 Å². The normalized spacial score (nSPS) is 10.9. The molecule has 0 bridgehead atoms. The second kappa shape index (κ2) is 5.12. The minimum Gasteiger partial charge on any atom is -0.308 e. The fourth-order valence-electron chi connectivity index (χ4n) is 1.16. The molecule has 1 aromatic heterocycles. The summed E-state index contributed by atoms with van der Waals surface area (Å²) in [6.07, 6.45) is 2.75. The van der Waals surface area contributed by atoms with Crippen molar-refractivity contribution in [2.45, 2.75) is 13.0 Å². The lowest BCUT2D eigenvalue weighted by atomic mass is 10.3. The third kappa shape index (κ3) is 2.82. The first-order valence-corrected chi connectivity index (χ1v) is 4.81. The third-order valence-corrected chi connectivity index (χ3v) is 2.25. The Kier molecular flexibility index (Phi) is 4.10. The molecule has 1 aromatic rings. The van der Waals surface area contributed by atoms with Crippen LogP contribution in [0.3, 0.4) is 0 Å². The van der Waals surface area contributed by atoms with Crippen LogP contribution < -0.4 is 0 Å². The van der Waals surface area contributed by atoms with Gasteiger partial charge in [0.15, 0.2) is 0 Å². The molecule has 5 heteroatoms. The fraction of sp³-hybridized carbons (Fsp3) is 0.556. The molecule has 0 atom stereocenters. The summed E-state index contributed by atoms with van der Waals surface area (Å²) in [4.78, 5) is 12.5. The fourth-order valence-corrected chi connectivity index (χ4v) is 1.38. The summed E-state index contributed by atoms with van der Waals surface area (Å²) in [5, 5.41) is 4.67. The molecule has 78 valence electrons. The summed E-state index contributed by atoms with van der Waals surface area (Å²) in [6, 6.07) is 0. The maximum absolute atomic E-state index is 10.4. The van der Waals surface area contributed by atoms with Crippen LogP contribution in [0.2, 0.25) is 5.02 Å². The predicted molar refractivity (Wildman–Crippen MR) is 55.6 cm³/mol. The van der Waals surface area contributed by atoms with E-state index in [1.165, 1.54) is 0 Å².